The first-order valence-corrected chi connectivity index (χ1v) is 11.7. The molecule has 1 heterocycles. The van der Waals surface area contributed by atoms with Crippen LogP contribution in [0.3, 0.4) is 0 Å². The van der Waals surface area contributed by atoms with E-state index in [4.69, 9.17) is 23.2 Å². The predicted molar refractivity (Wildman–Crippen MR) is 128 cm³/mol. The Hall–Kier alpha value is -3.13. The van der Waals surface area contributed by atoms with E-state index >= 15 is 0 Å². The van der Waals surface area contributed by atoms with Crippen LogP contribution >= 0.6 is 23.2 Å². The summed E-state index contributed by atoms with van der Waals surface area (Å²) >= 11 is 12.6. The maximum Gasteiger partial charge on any atom is 0.261 e. The molecule has 1 amide bonds. The zero-order valence-corrected chi connectivity index (χ0v) is 19.1. The highest BCUT2D eigenvalue weighted by molar-refractivity contribution is 7.92. The number of halogens is 2. The van der Waals surface area contributed by atoms with Crippen LogP contribution in [0.5, 0.6) is 0 Å². The second-order valence-electron chi connectivity index (χ2n) is 6.90. The number of aromatic nitrogens is 1. The summed E-state index contributed by atoms with van der Waals surface area (Å²) in [6.07, 6.45) is 1.65. The maximum atomic E-state index is 13.1. The van der Waals surface area contributed by atoms with Crippen LogP contribution in [-0.4, -0.2) is 26.4 Å². The van der Waals surface area contributed by atoms with E-state index in [0.717, 1.165) is 10.8 Å². The Kier molecular flexibility index (Phi) is 6.06. The summed E-state index contributed by atoms with van der Waals surface area (Å²) in [5.74, 6) is -0.328. The van der Waals surface area contributed by atoms with Crippen molar-refractivity contribution in [2.75, 3.05) is 11.8 Å². The Balaban J connectivity index is 1.74. The summed E-state index contributed by atoms with van der Waals surface area (Å²) in [6.45, 7) is 0. The van der Waals surface area contributed by atoms with Crippen molar-refractivity contribution in [3.8, 4) is 11.3 Å². The van der Waals surface area contributed by atoms with E-state index in [1.807, 2.05) is 30.3 Å². The molecule has 0 atom stereocenters. The number of nitrogens with zero attached hydrogens (tertiary/aromatic N) is 1. The number of fused-ring (bicyclic) bond motifs is 1. The van der Waals surface area contributed by atoms with E-state index in [2.05, 4.69) is 15.0 Å². The van der Waals surface area contributed by atoms with Gasteiger partial charge in [0.15, 0.2) is 0 Å². The monoisotopic (exact) mass is 485 g/mol. The molecule has 0 aliphatic rings. The number of carbonyl (C=O) groups excluding carboxylic acids is 1. The molecule has 0 bridgehead atoms. The highest BCUT2D eigenvalue weighted by Gasteiger charge is 2.20. The van der Waals surface area contributed by atoms with Gasteiger partial charge in [-0.3, -0.25) is 14.5 Å². The largest absolute Gasteiger partial charge is 0.355 e. The second kappa shape index (κ2) is 8.78. The van der Waals surface area contributed by atoms with Gasteiger partial charge in [-0.25, -0.2) is 8.42 Å². The third-order valence-electron chi connectivity index (χ3n) is 4.88. The van der Waals surface area contributed by atoms with Gasteiger partial charge in [-0.2, -0.15) is 0 Å². The summed E-state index contributed by atoms with van der Waals surface area (Å²) < 4.78 is 28.6. The Morgan fingerprint density at radius 3 is 2.47 bits per heavy atom. The molecule has 3 aromatic carbocycles. The fourth-order valence-corrected chi connectivity index (χ4v) is 4.87. The van der Waals surface area contributed by atoms with E-state index in [1.165, 1.54) is 43.4 Å². The van der Waals surface area contributed by atoms with Gasteiger partial charge in [-0.15, -0.1) is 0 Å². The first-order chi connectivity index (χ1) is 15.3. The Morgan fingerprint density at radius 2 is 1.72 bits per heavy atom. The summed E-state index contributed by atoms with van der Waals surface area (Å²) in [6, 6.07) is 18.2. The molecule has 0 saturated heterocycles. The molecule has 32 heavy (non-hydrogen) atoms. The number of hydrogen-bond donors (Lipinski definition) is 2. The molecule has 9 heteroatoms. The van der Waals surface area contributed by atoms with Crippen LogP contribution < -0.4 is 10.0 Å². The second-order valence-corrected chi connectivity index (χ2v) is 9.40. The van der Waals surface area contributed by atoms with E-state index in [0.29, 0.717) is 21.8 Å². The van der Waals surface area contributed by atoms with Crippen molar-refractivity contribution < 1.29 is 13.2 Å². The van der Waals surface area contributed by atoms with Crippen LogP contribution in [0.4, 0.5) is 5.69 Å². The number of carbonyl (C=O) groups is 1. The van der Waals surface area contributed by atoms with Crippen LogP contribution in [0, 0.1) is 0 Å². The molecule has 162 valence electrons. The predicted octanol–water partition coefficient (Wildman–Crippen LogP) is 5.37. The average Bonchev–Trinajstić information content (AvgIpc) is 2.79. The molecule has 0 spiro atoms. The van der Waals surface area contributed by atoms with Crippen LogP contribution in [0.1, 0.15) is 10.4 Å². The highest BCUT2D eigenvalue weighted by Crippen LogP contribution is 2.34. The first kappa shape index (κ1) is 22.1. The van der Waals surface area contributed by atoms with Gasteiger partial charge >= 0.3 is 0 Å². The molecule has 0 radical (unpaired) electrons. The summed E-state index contributed by atoms with van der Waals surface area (Å²) in [4.78, 5) is 16.2. The smallest absolute Gasteiger partial charge is 0.261 e. The quantitative estimate of drug-likeness (QED) is 0.397. The highest BCUT2D eigenvalue weighted by atomic mass is 35.5. The molecule has 0 unspecified atom stereocenters. The molecular formula is C23H17Cl2N3O3S. The van der Waals surface area contributed by atoms with Crippen molar-refractivity contribution in [1.82, 2.24) is 10.3 Å². The molecule has 2 N–H and O–H groups in total. The molecule has 1 aromatic heterocycles. The summed E-state index contributed by atoms with van der Waals surface area (Å²) in [5, 5.41) is 4.77. The summed E-state index contributed by atoms with van der Waals surface area (Å²) in [7, 11) is -2.50. The van der Waals surface area contributed by atoms with Gasteiger partial charge in [-0.1, -0.05) is 47.5 Å². The van der Waals surface area contributed by atoms with Gasteiger partial charge in [0.25, 0.3) is 15.9 Å². The summed E-state index contributed by atoms with van der Waals surface area (Å²) in [5.41, 5.74) is 1.54. The third-order valence-corrected chi connectivity index (χ3v) is 6.89. The number of nitrogens with one attached hydrogen (secondary N) is 2. The van der Waals surface area contributed by atoms with Crippen molar-refractivity contribution >= 4 is 55.6 Å². The molecule has 6 nitrogen and oxygen atoms in total. The van der Waals surface area contributed by atoms with E-state index in [9.17, 15) is 13.2 Å². The van der Waals surface area contributed by atoms with Gasteiger partial charge in [0.1, 0.15) is 0 Å². The topological polar surface area (TPSA) is 88.2 Å². The van der Waals surface area contributed by atoms with Crippen LogP contribution in [0.2, 0.25) is 10.0 Å². The van der Waals surface area contributed by atoms with Gasteiger partial charge in [0, 0.05) is 29.8 Å². The first-order valence-electron chi connectivity index (χ1n) is 9.48. The van der Waals surface area contributed by atoms with Gasteiger partial charge in [0.05, 0.1) is 26.3 Å². The Morgan fingerprint density at radius 1 is 0.938 bits per heavy atom. The number of anilines is 1. The lowest BCUT2D eigenvalue weighted by atomic mass is 10.0. The van der Waals surface area contributed by atoms with Crippen LogP contribution in [-0.2, 0) is 10.0 Å². The Bertz CT molecular complexity index is 1450. The molecule has 4 aromatic rings. The lowest BCUT2D eigenvalue weighted by Gasteiger charge is -2.13. The van der Waals surface area contributed by atoms with Gasteiger partial charge < -0.3 is 5.32 Å². The zero-order chi connectivity index (χ0) is 22.9. The third kappa shape index (κ3) is 4.27. The van der Waals surface area contributed by atoms with E-state index < -0.39 is 10.0 Å². The minimum Gasteiger partial charge on any atom is -0.355 e. The molecule has 0 saturated carbocycles. The van der Waals surface area contributed by atoms with Gasteiger partial charge in [0.2, 0.25) is 0 Å². The fourth-order valence-electron chi connectivity index (χ4n) is 3.27. The number of pyridine rings is 1. The van der Waals surface area contributed by atoms with E-state index in [1.54, 1.807) is 6.20 Å². The molecule has 0 aliphatic heterocycles. The molecule has 0 fully saturated rings. The standard InChI is InChI=1S/C23H17Cl2N3O3S/c1-26-23(29)15-6-9-21(20(25)12-15)28-32(30,31)16-7-8-19(24)18(13-16)22-17-5-3-2-4-14(17)10-11-27-22/h2-13,28H,1H3,(H,26,29). The van der Waals surface area contributed by atoms with Crippen LogP contribution in [0.15, 0.2) is 77.8 Å². The molecule has 4 rings (SSSR count). The number of rotatable bonds is 5. The Labute approximate surface area is 195 Å². The number of amides is 1. The number of benzene rings is 3. The van der Waals surface area contributed by atoms with Crippen molar-refractivity contribution in [3.05, 3.63) is 88.5 Å². The van der Waals surface area contributed by atoms with Gasteiger partial charge in [-0.05, 0) is 47.9 Å². The molecular weight excluding hydrogens is 469 g/mol. The van der Waals surface area contributed by atoms with E-state index in [-0.39, 0.29) is 21.5 Å². The lowest BCUT2D eigenvalue weighted by molar-refractivity contribution is 0.0963. The normalized spacial score (nSPS) is 11.3. The number of hydrogen-bond acceptors (Lipinski definition) is 4. The zero-order valence-electron chi connectivity index (χ0n) is 16.8. The minimum absolute atomic E-state index is 0.00178. The van der Waals surface area contributed by atoms with Crippen molar-refractivity contribution in [1.29, 1.82) is 0 Å². The average molecular weight is 486 g/mol. The lowest BCUT2D eigenvalue weighted by Crippen LogP contribution is -2.18. The maximum absolute atomic E-state index is 13.1. The number of sulfonamides is 1. The van der Waals surface area contributed by atoms with Crippen LogP contribution in [0.25, 0.3) is 22.0 Å². The SMILES string of the molecule is CNC(=O)c1ccc(NS(=O)(=O)c2ccc(Cl)c(-c3nccc4ccccc34)c2)c(Cl)c1. The minimum atomic E-state index is -4.00. The van der Waals surface area contributed by atoms with Crippen molar-refractivity contribution in [2.45, 2.75) is 4.90 Å². The van der Waals surface area contributed by atoms with Crippen molar-refractivity contribution in [2.24, 2.45) is 0 Å². The fraction of sp³-hybridized carbons (Fsp3) is 0.0435. The van der Waals surface area contributed by atoms with Crippen molar-refractivity contribution in [3.63, 3.8) is 0 Å². The molecule has 0 aliphatic carbocycles.